The van der Waals surface area contributed by atoms with E-state index in [1.54, 1.807) is 0 Å². The predicted octanol–water partition coefficient (Wildman–Crippen LogP) is 2.56. The molecule has 0 spiro atoms. The predicted molar refractivity (Wildman–Crippen MR) is 76.9 cm³/mol. The number of carbonyl (C=O) groups excluding carboxylic acids is 1. The molecule has 0 aromatic heterocycles. The molecule has 3 aliphatic rings. The van der Waals surface area contributed by atoms with Crippen LogP contribution in [0.1, 0.15) is 57.8 Å². The zero-order chi connectivity index (χ0) is 13.1. The van der Waals surface area contributed by atoms with Crippen LogP contribution in [0.2, 0.25) is 0 Å². The third-order valence-corrected chi connectivity index (χ3v) is 5.54. The zero-order valence-electron chi connectivity index (χ0n) is 12.1. The maximum absolute atomic E-state index is 12.5. The Morgan fingerprint density at radius 2 is 1.84 bits per heavy atom. The lowest BCUT2D eigenvalue weighted by molar-refractivity contribution is -0.136. The van der Waals surface area contributed by atoms with Crippen molar-refractivity contribution >= 4 is 5.91 Å². The van der Waals surface area contributed by atoms with E-state index in [0.29, 0.717) is 11.9 Å². The summed E-state index contributed by atoms with van der Waals surface area (Å²) in [6, 6.07) is 0.606. The van der Waals surface area contributed by atoms with Crippen molar-refractivity contribution in [2.45, 2.75) is 63.8 Å². The van der Waals surface area contributed by atoms with Gasteiger partial charge in [-0.15, -0.1) is 0 Å². The number of amides is 1. The van der Waals surface area contributed by atoms with Crippen LogP contribution in [0, 0.1) is 11.8 Å². The molecule has 0 aromatic carbocycles. The van der Waals surface area contributed by atoms with Gasteiger partial charge in [-0.2, -0.15) is 0 Å². The van der Waals surface area contributed by atoms with E-state index < -0.39 is 0 Å². The van der Waals surface area contributed by atoms with Crippen LogP contribution in [0.25, 0.3) is 0 Å². The highest BCUT2D eigenvalue weighted by Crippen LogP contribution is 2.37. The fourth-order valence-corrected chi connectivity index (χ4v) is 4.41. The molecule has 1 amide bonds. The third-order valence-electron chi connectivity index (χ3n) is 5.54. The van der Waals surface area contributed by atoms with E-state index in [-0.39, 0.29) is 0 Å². The van der Waals surface area contributed by atoms with Crippen LogP contribution < -0.4 is 5.32 Å². The van der Waals surface area contributed by atoms with Gasteiger partial charge in [0, 0.05) is 19.0 Å². The van der Waals surface area contributed by atoms with Gasteiger partial charge in [-0.25, -0.2) is 0 Å². The highest BCUT2D eigenvalue weighted by Gasteiger charge is 2.37. The van der Waals surface area contributed by atoms with Crippen molar-refractivity contribution < 1.29 is 4.79 Å². The second-order valence-corrected chi connectivity index (χ2v) is 6.72. The van der Waals surface area contributed by atoms with E-state index in [2.05, 4.69) is 10.2 Å². The lowest BCUT2D eigenvalue weighted by atomic mass is 9.90. The Morgan fingerprint density at radius 3 is 2.68 bits per heavy atom. The molecule has 0 radical (unpaired) electrons. The molecular weight excluding hydrogens is 236 g/mol. The highest BCUT2D eigenvalue weighted by molar-refractivity contribution is 5.76. The number of nitrogens with zero attached hydrogens (tertiary/aromatic N) is 1. The fourth-order valence-electron chi connectivity index (χ4n) is 4.41. The molecule has 1 N–H and O–H groups in total. The molecular formula is C16H28N2O. The third kappa shape index (κ3) is 3.13. The summed E-state index contributed by atoms with van der Waals surface area (Å²) in [7, 11) is 0. The van der Waals surface area contributed by atoms with Crippen molar-refractivity contribution in [2.24, 2.45) is 11.8 Å². The van der Waals surface area contributed by atoms with E-state index >= 15 is 0 Å². The second-order valence-electron chi connectivity index (χ2n) is 6.72. The van der Waals surface area contributed by atoms with E-state index in [4.69, 9.17) is 0 Å². The number of rotatable bonds is 3. The minimum Gasteiger partial charge on any atom is -0.339 e. The quantitative estimate of drug-likeness (QED) is 0.849. The fraction of sp³-hybridized carbons (Fsp3) is 0.938. The van der Waals surface area contributed by atoms with Crippen molar-refractivity contribution in [3.8, 4) is 0 Å². The van der Waals surface area contributed by atoms with Crippen molar-refractivity contribution in [3.05, 3.63) is 0 Å². The summed E-state index contributed by atoms with van der Waals surface area (Å²) in [5, 5.41) is 3.40. The molecule has 3 fully saturated rings. The summed E-state index contributed by atoms with van der Waals surface area (Å²) in [5.41, 5.74) is 0. The van der Waals surface area contributed by atoms with E-state index in [1.165, 1.54) is 44.9 Å². The van der Waals surface area contributed by atoms with E-state index in [0.717, 1.165) is 44.3 Å². The molecule has 19 heavy (non-hydrogen) atoms. The van der Waals surface area contributed by atoms with Gasteiger partial charge in [0.1, 0.15) is 0 Å². The van der Waals surface area contributed by atoms with Gasteiger partial charge in [-0.3, -0.25) is 4.79 Å². The minimum absolute atomic E-state index is 0.454. The highest BCUT2D eigenvalue weighted by atomic mass is 16.2. The first kappa shape index (κ1) is 13.4. The smallest absolute Gasteiger partial charge is 0.222 e. The summed E-state index contributed by atoms with van der Waals surface area (Å²) < 4.78 is 0. The monoisotopic (exact) mass is 264 g/mol. The van der Waals surface area contributed by atoms with Crippen LogP contribution in [0.5, 0.6) is 0 Å². The van der Waals surface area contributed by atoms with Gasteiger partial charge in [0.15, 0.2) is 0 Å². The average molecular weight is 264 g/mol. The molecule has 3 rings (SSSR count). The van der Waals surface area contributed by atoms with Gasteiger partial charge in [-0.05, 0) is 69.9 Å². The van der Waals surface area contributed by atoms with Gasteiger partial charge in [0.05, 0.1) is 0 Å². The van der Waals surface area contributed by atoms with Gasteiger partial charge >= 0.3 is 0 Å². The molecule has 3 nitrogen and oxygen atoms in total. The lowest BCUT2D eigenvalue weighted by Crippen LogP contribution is -2.46. The lowest BCUT2D eigenvalue weighted by Gasteiger charge is -2.38. The van der Waals surface area contributed by atoms with E-state index in [1.807, 2.05) is 0 Å². The van der Waals surface area contributed by atoms with Crippen LogP contribution in [0.4, 0.5) is 0 Å². The van der Waals surface area contributed by atoms with Crippen molar-refractivity contribution in [1.82, 2.24) is 10.2 Å². The van der Waals surface area contributed by atoms with Gasteiger partial charge in [0.25, 0.3) is 0 Å². The summed E-state index contributed by atoms with van der Waals surface area (Å²) in [5.74, 6) is 2.07. The Bertz CT molecular complexity index is 312. The number of hydrogen-bond acceptors (Lipinski definition) is 2. The van der Waals surface area contributed by atoms with E-state index in [9.17, 15) is 4.79 Å². The summed E-state index contributed by atoms with van der Waals surface area (Å²) in [4.78, 5) is 14.7. The molecule has 3 heteroatoms. The minimum atomic E-state index is 0.454. The Hall–Kier alpha value is -0.570. The first-order valence-corrected chi connectivity index (χ1v) is 8.35. The van der Waals surface area contributed by atoms with Gasteiger partial charge in [-0.1, -0.05) is 6.42 Å². The zero-order valence-corrected chi connectivity index (χ0v) is 12.1. The number of hydrogen-bond donors (Lipinski definition) is 1. The average Bonchev–Trinajstić information content (AvgIpc) is 2.94. The number of nitrogens with one attached hydrogen (secondary N) is 1. The van der Waals surface area contributed by atoms with Crippen molar-refractivity contribution in [2.75, 3.05) is 19.6 Å². The maximum atomic E-state index is 12.5. The second kappa shape index (κ2) is 6.25. The van der Waals surface area contributed by atoms with Crippen LogP contribution in [-0.4, -0.2) is 36.5 Å². The molecule has 1 saturated carbocycles. The number of piperidine rings is 2. The van der Waals surface area contributed by atoms with Crippen LogP contribution in [0.3, 0.4) is 0 Å². The van der Waals surface area contributed by atoms with Crippen LogP contribution in [0.15, 0.2) is 0 Å². The van der Waals surface area contributed by atoms with Gasteiger partial charge in [0.2, 0.25) is 5.91 Å². The first-order chi connectivity index (χ1) is 9.34. The molecule has 2 unspecified atom stereocenters. The topological polar surface area (TPSA) is 32.3 Å². The van der Waals surface area contributed by atoms with Crippen LogP contribution >= 0.6 is 0 Å². The van der Waals surface area contributed by atoms with Gasteiger partial charge < -0.3 is 10.2 Å². The molecule has 0 bridgehead atoms. The first-order valence-electron chi connectivity index (χ1n) is 8.35. The van der Waals surface area contributed by atoms with Crippen molar-refractivity contribution in [3.63, 3.8) is 0 Å². The Balaban J connectivity index is 1.48. The molecule has 2 saturated heterocycles. The van der Waals surface area contributed by atoms with Crippen LogP contribution in [-0.2, 0) is 4.79 Å². The molecule has 2 atom stereocenters. The SMILES string of the molecule is O=C(CCC1CCNCC1)N1CCCC2CCCC21. The summed E-state index contributed by atoms with van der Waals surface area (Å²) in [6.07, 6.45) is 11.0. The summed E-state index contributed by atoms with van der Waals surface area (Å²) in [6.45, 7) is 3.33. The maximum Gasteiger partial charge on any atom is 0.222 e. The number of likely N-dealkylation sites (tertiary alicyclic amines) is 1. The molecule has 2 heterocycles. The normalized spacial score (nSPS) is 32.3. The molecule has 0 aromatic rings. The molecule has 108 valence electrons. The number of carbonyl (C=O) groups is 1. The standard InChI is InChI=1S/C16H28N2O/c19-16(7-6-13-8-10-17-11-9-13)18-12-2-4-14-3-1-5-15(14)18/h13-15,17H,1-12H2. The Kier molecular flexibility index (Phi) is 4.42. The largest absolute Gasteiger partial charge is 0.339 e. The summed E-state index contributed by atoms with van der Waals surface area (Å²) >= 11 is 0. The Labute approximate surface area is 117 Å². The Morgan fingerprint density at radius 1 is 1.05 bits per heavy atom. The van der Waals surface area contributed by atoms with Crippen molar-refractivity contribution in [1.29, 1.82) is 0 Å². The molecule has 2 aliphatic heterocycles. The number of fused-ring (bicyclic) bond motifs is 1. The molecule has 1 aliphatic carbocycles.